The molecule has 2 aliphatic heterocycles. The van der Waals surface area contributed by atoms with E-state index < -0.39 is 46.4 Å². The molecule has 0 bridgehead atoms. The Morgan fingerprint density at radius 1 is 1.14 bits per heavy atom. The number of thioether (sulfide) groups is 1. The number of carboxylic acids is 1. The van der Waals surface area contributed by atoms with Crippen molar-refractivity contribution in [3.8, 4) is 0 Å². The fourth-order valence-corrected chi connectivity index (χ4v) is 6.65. The van der Waals surface area contributed by atoms with Crippen molar-refractivity contribution in [2.24, 2.45) is 0 Å². The number of β-lactam (4-membered cyclic amide) rings is 1. The number of carbonyl (C=O) groups excluding carboxylic acids is 4. The van der Waals surface area contributed by atoms with Gasteiger partial charge in [-0.2, -0.15) is 0 Å². The Morgan fingerprint density at radius 3 is 2.43 bits per heavy atom. The third-order valence-corrected chi connectivity index (χ3v) is 8.28. The molecule has 0 saturated carbocycles. The Bertz CT molecular complexity index is 1230. The van der Waals surface area contributed by atoms with Crippen molar-refractivity contribution >= 4 is 52.6 Å². The van der Waals surface area contributed by atoms with Crippen LogP contribution in [0.3, 0.4) is 0 Å². The molecule has 2 unspecified atom stereocenters. The highest BCUT2D eigenvalue weighted by Crippen LogP contribution is 2.42. The Hall–Kier alpha value is -3.44. The number of thiophene rings is 1. The zero-order valence-corrected chi connectivity index (χ0v) is 20.5. The predicted octanol–water partition coefficient (Wildman–Crippen LogP) is 1.92. The van der Waals surface area contributed by atoms with Gasteiger partial charge in [0.05, 0.1) is 0 Å². The number of nitrogens with one attached hydrogen (secondary N) is 1. The minimum absolute atomic E-state index is 0.206. The summed E-state index contributed by atoms with van der Waals surface area (Å²) in [6.45, 7) is 2.31. The van der Waals surface area contributed by atoms with Crippen LogP contribution in [0.4, 0.5) is 0 Å². The third-order valence-electron chi connectivity index (χ3n) is 5.95. The minimum Gasteiger partial charge on any atom is -0.477 e. The van der Waals surface area contributed by atoms with Gasteiger partial charge in [-0.05, 0) is 23.9 Å². The molecule has 0 spiro atoms. The van der Waals surface area contributed by atoms with Crippen LogP contribution in [0, 0.1) is 0 Å². The maximum absolute atomic E-state index is 13.8. The summed E-state index contributed by atoms with van der Waals surface area (Å²) >= 11 is 2.52. The number of carboxylic acid groups (broad SMARTS) is 1. The average molecular weight is 515 g/mol. The smallest absolute Gasteiger partial charge is 0.352 e. The molecule has 2 aromatic rings. The van der Waals surface area contributed by atoms with E-state index in [0.717, 1.165) is 4.90 Å². The monoisotopic (exact) mass is 514 g/mol. The number of carbonyl (C=O) groups is 5. The number of nitrogens with zero attached hydrogens (tertiary/aromatic N) is 1. The number of hydrogen-bond acceptors (Lipinski definition) is 8. The van der Waals surface area contributed by atoms with Gasteiger partial charge in [0, 0.05) is 23.1 Å². The van der Waals surface area contributed by atoms with Gasteiger partial charge < -0.3 is 15.2 Å². The molecule has 1 aromatic carbocycles. The topological polar surface area (TPSA) is 130 Å². The fraction of sp³-hybridized carbons (Fsp3) is 0.292. The fourth-order valence-electron chi connectivity index (χ4n) is 4.33. The van der Waals surface area contributed by atoms with E-state index in [2.05, 4.69) is 5.32 Å². The van der Waals surface area contributed by atoms with Gasteiger partial charge in [-0.1, -0.05) is 36.4 Å². The van der Waals surface area contributed by atoms with E-state index in [4.69, 9.17) is 4.74 Å². The summed E-state index contributed by atoms with van der Waals surface area (Å²) in [5.41, 5.74) is -1.12. The SMILES string of the molecule is CC(=O)OCC1=C(C(=O)O)N2C(=O)C(NC(=O)C(C(C)=O)(c3ccccc3)c3cccs3)[C@@H]2SC1. The summed E-state index contributed by atoms with van der Waals surface area (Å²) in [6, 6.07) is 11.1. The highest BCUT2D eigenvalue weighted by atomic mass is 32.2. The first-order chi connectivity index (χ1) is 16.7. The second-order valence-corrected chi connectivity index (χ2v) is 10.1. The molecule has 2 aliphatic rings. The van der Waals surface area contributed by atoms with Crippen LogP contribution in [-0.2, 0) is 34.1 Å². The summed E-state index contributed by atoms with van der Waals surface area (Å²) in [5.74, 6) is -3.34. The van der Waals surface area contributed by atoms with Gasteiger partial charge in [0.1, 0.15) is 23.7 Å². The lowest BCUT2D eigenvalue weighted by atomic mass is 9.74. The van der Waals surface area contributed by atoms with E-state index in [9.17, 15) is 29.1 Å². The molecule has 3 heterocycles. The third kappa shape index (κ3) is 4.14. The van der Waals surface area contributed by atoms with Crippen LogP contribution < -0.4 is 5.32 Å². The second kappa shape index (κ2) is 9.67. The molecule has 2 N–H and O–H groups in total. The highest BCUT2D eigenvalue weighted by molar-refractivity contribution is 8.00. The number of hydrogen-bond donors (Lipinski definition) is 2. The van der Waals surface area contributed by atoms with Crippen molar-refractivity contribution in [1.82, 2.24) is 10.2 Å². The number of ether oxygens (including phenoxy) is 1. The summed E-state index contributed by atoms with van der Waals surface area (Å²) in [7, 11) is 0. The van der Waals surface area contributed by atoms with Gasteiger partial charge in [0.25, 0.3) is 5.91 Å². The standard InChI is InChI=1S/C24H22N2O7S2/c1-13(27)24(17-9-6-10-34-17,16-7-4-3-5-8-16)23(32)25-18-20(29)26-19(22(30)31)15(11-33-14(2)28)12-35-21(18)26/h3-10,18,21H,11-12H2,1-2H3,(H,25,32)(H,30,31)/t18?,21-,24?/m0/s1. The molecule has 182 valence electrons. The molecule has 1 aromatic heterocycles. The first kappa shape index (κ1) is 24.7. The molecule has 35 heavy (non-hydrogen) atoms. The van der Waals surface area contributed by atoms with Gasteiger partial charge >= 0.3 is 11.9 Å². The number of amides is 2. The largest absolute Gasteiger partial charge is 0.477 e. The summed E-state index contributed by atoms with van der Waals surface area (Å²) in [6.07, 6.45) is 0. The lowest BCUT2D eigenvalue weighted by Gasteiger charge is -2.50. The summed E-state index contributed by atoms with van der Waals surface area (Å²) in [4.78, 5) is 64.7. The maximum atomic E-state index is 13.8. The van der Waals surface area contributed by atoms with Gasteiger partial charge in [-0.3, -0.25) is 24.1 Å². The van der Waals surface area contributed by atoms with E-state index in [-0.39, 0.29) is 18.1 Å². The van der Waals surface area contributed by atoms with Crippen LogP contribution >= 0.6 is 23.1 Å². The molecule has 0 aliphatic carbocycles. The van der Waals surface area contributed by atoms with Crippen molar-refractivity contribution in [3.05, 3.63) is 69.6 Å². The molecule has 4 rings (SSSR count). The zero-order chi connectivity index (χ0) is 25.3. The number of benzene rings is 1. The quantitative estimate of drug-likeness (QED) is 0.311. The minimum atomic E-state index is -1.65. The van der Waals surface area contributed by atoms with Crippen molar-refractivity contribution in [2.75, 3.05) is 12.4 Å². The lowest BCUT2D eigenvalue weighted by molar-refractivity contribution is -0.152. The van der Waals surface area contributed by atoms with E-state index in [1.165, 1.54) is 36.9 Å². The Balaban J connectivity index is 1.65. The molecule has 3 atom stereocenters. The average Bonchev–Trinajstić information content (AvgIpc) is 3.36. The van der Waals surface area contributed by atoms with Gasteiger partial charge in [0.15, 0.2) is 11.2 Å². The molecule has 11 heteroatoms. The second-order valence-electron chi connectivity index (χ2n) is 8.05. The molecule has 0 radical (unpaired) electrons. The van der Waals surface area contributed by atoms with Crippen molar-refractivity contribution < 1.29 is 33.8 Å². The van der Waals surface area contributed by atoms with Crippen LogP contribution in [0.15, 0.2) is 59.1 Å². The van der Waals surface area contributed by atoms with Gasteiger partial charge in [0.2, 0.25) is 5.91 Å². The number of rotatable bonds is 8. The number of esters is 1. The van der Waals surface area contributed by atoms with Crippen LogP contribution in [0.2, 0.25) is 0 Å². The first-order valence-electron chi connectivity index (χ1n) is 10.6. The van der Waals surface area contributed by atoms with Crippen LogP contribution in [0.5, 0.6) is 0 Å². The van der Waals surface area contributed by atoms with E-state index in [1.54, 1.807) is 47.8 Å². The molecule has 2 amide bonds. The van der Waals surface area contributed by atoms with Gasteiger partial charge in [-0.25, -0.2) is 4.79 Å². The van der Waals surface area contributed by atoms with Crippen LogP contribution in [-0.4, -0.2) is 63.3 Å². The van der Waals surface area contributed by atoms with E-state index in [1.807, 2.05) is 0 Å². The van der Waals surface area contributed by atoms with E-state index in [0.29, 0.717) is 16.0 Å². The normalized spacial score (nSPS) is 20.9. The highest BCUT2D eigenvalue weighted by Gasteiger charge is 2.57. The zero-order valence-electron chi connectivity index (χ0n) is 18.8. The van der Waals surface area contributed by atoms with Crippen molar-refractivity contribution in [2.45, 2.75) is 30.7 Å². The Kier molecular flexibility index (Phi) is 6.82. The maximum Gasteiger partial charge on any atom is 0.352 e. The van der Waals surface area contributed by atoms with Crippen molar-refractivity contribution in [3.63, 3.8) is 0 Å². The Morgan fingerprint density at radius 2 is 1.86 bits per heavy atom. The van der Waals surface area contributed by atoms with Gasteiger partial charge in [-0.15, -0.1) is 23.1 Å². The summed E-state index contributed by atoms with van der Waals surface area (Å²) in [5, 5.41) is 13.6. The number of aliphatic carboxylic acids is 1. The molecule has 1 saturated heterocycles. The number of ketones is 1. The first-order valence-corrected chi connectivity index (χ1v) is 12.6. The van der Waals surface area contributed by atoms with Crippen LogP contribution in [0.1, 0.15) is 24.3 Å². The van der Waals surface area contributed by atoms with E-state index >= 15 is 0 Å². The lowest BCUT2D eigenvalue weighted by Crippen LogP contribution is -2.72. The number of fused-ring (bicyclic) bond motifs is 1. The molecule has 9 nitrogen and oxygen atoms in total. The summed E-state index contributed by atoms with van der Waals surface area (Å²) < 4.78 is 4.94. The molecular weight excluding hydrogens is 492 g/mol. The molecular formula is C24H22N2O7S2. The van der Waals surface area contributed by atoms with Crippen LogP contribution in [0.25, 0.3) is 0 Å². The van der Waals surface area contributed by atoms with Crippen molar-refractivity contribution in [1.29, 1.82) is 0 Å². The Labute approximate surface area is 209 Å². The predicted molar refractivity (Wildman–Crippen MR) is 129 cm³/mol. The number of Topliss-reactive ketones (excluding diaryl/α,β-unsaturated/α-hetero) is 1. The molecule has 1 fully saturated rings.